The molecule has 0 spiro atoms. The lowest BCUT2D eigenvalue weighted by molar-refractivity contribution is -0.150. The Morgan fingerprint density at radius 1 is 1.07 bits per heavy atom. The van der Waals surface area contributed by atoms with Gasteiger partial charge in [-0.2, -0.15) is 0 Å². The van der Waals surface area contributed by atoms with Gasteiger partial charge in [-0.05, 0) is 56.5 Å². The van der Waals surface area contributed by atoms with E-state index in [2.05, 4.69) is 10.6 Å². The predicted octanol–water partition coefficient (Wildman–Crippen LogP) is 3.99. The van der Waals surface area contributed by atoms with Gasteiger partial charge in [0.25, 0.3) is 11.8 Å². The molecule has 158 valence electrons. The van der Waals surface area contributed by atoms with Crippen LogP contribution < -0.4 is 10.6 Å². The highest BCUT2D eigenvalue weighted by Gasteiger charge is 2.44. The van der Waals surface area contributed by atoms with E-state index in [-0.39, 0.29) is 12.2 Å². The second-order valence-corrected chi connectivity index (χ2v) is 7.43. The fourth-order valence-corrected chi connectivity index (χ4v) is 3.65. The van der Waals surface area contributed by atoms with Gasteiger partial charge in [-0.1, -0.05) is 31.0 Å². The number of hydrogen-bond acceptors (Lipinski definition) is 4. The van der Waals surface area contributed by atoms with E-state index in [1.807, 2.05) is 0 Å². The van der Waals surface area contributed by atoms with E-state index < -0.39 is 29.1 Å². The molecule has 0 aromatic heterocycles. The van der Waals surface area contributed by atoms with Crippen LogP contribution in [0.4, 0.5) is 10.1 Å². The Balaban J connectivity index is 1.80. The minimum absolute atomic E-state index is 0.0843. The van der Waals surface area contributed by atoms with Crippen molar-refractivity contribution in [3.63, 3.8) is 0 Å². The Morgan fingerprint density at radius 3 is 2.43 bits per heavy atom. The average molecular weight is 412 g/mol. The Kier molecular flexibility index (Phi) is 6.50. The van der Waals surface area contributed by atoms with Crippen LogP contribution in [0.15, 0.2) is 42.5 Å². The van der Waals surface area contributed by atoms with Crippen LogP contribution in [0.2, 0.25) is 0 Å². The first-order valence-corrected chi connectivity index (χ1v) is 10.0. The van der Waals surface area contributed by atoms with Crippen molar-refractivity contribution in [3.05, 3.63) is 65.0 Å². The Hall–Kier alpha value is -3.22. The topological polar surface area (TPSA) is 84.5 Å². The van der Waals surface area contributed by atoms with Gasteiger partial charge in [0.2, 0.25) is 0 Å². The van der Waals surface area contributed by atoms with E-state index in [0.29, 0.717) is 24.1 Å². The summed E-state index contributed by atoms with van der Waals surface area (Å²) in [6, 6.07) is 10.5. The first kappa shape index (κ1) is 21.5. The number of esters is 1. The Morgan fingerprint density at radius 2 is 1.77 bits per heavy atom. The minimum atomic E-state index is -1.02. The van der Waals surface area contributed by atoms with Crippen molar-refractivity contribution in [1.82, 2.24) is 5.32 Å². The first-order chi connectivity index (χ1) is 14.4. The zero-order chi connectivity index (χ0) is 21.7. The maximum Gasteiger partial charge on any atom is 0.331 e. The predicted molar refractivity (Wildman–Crippen MR) is 111 cm³/mol. The smallest absolute Gasteiger partial charge is 0.331 e. The molecule has 0 radical (unpaired) electrons. The highest BCUT2D eigenvalue weighted by atomic mass is 19.1. The third-order valence-electron chi connectivity index (χ3n) is 5.34. The van der Waals surface area contributed by atoms with Crippen LogP contribution in [0.25, 0.3) is 0 Å². The van der Waals surface area contributed by atoms with Crippen LogP contribution in [-0.4, -0.2) is 29.9 Å². The monoisotopic (exact) mass is 412 g/mol. The van der Waals surface area contributed by atoms with Gasteiger partial charge in [0.05, 0.1) is 12.2 Å². The number of rotatable bonds is 6. The second-order valence-electron chi connectivity index (χ2n) is 7.43. The normalized spacial score (nSPS) is 14.8. The van der Waals surface area contributed by atoms with Gasteiger partial charge in [0.15, 0.2) is 0 Å². The summed E-state index contributed by atoms with van der Waals surface area (Å²) in [6.07, 6.45) is 2.72. The SMILES string of the molecule is CCOC(=O)C1(NC(=O)c2ccc(C)c(NC(=O)c3ccccc3F)c2)CCCC1. The Labute approximate surface area is 174 Å². The molecule has 2 N–H and O–H groups in total. The van der Waals surface area contributed by atoms with Gasteiger partial charge in [0.1, 0.15) is 11.4 Å². The molecule has 0 aliphatic heterocycles. The molecule has 2 aromatic rings. The quantitative estimate of drug-likeness (QED) is 0.703. The van der Waals surface area contributed by atoms with E-state index in [4.69, 9.17) is 4.74 Å². The van der Waals surface area contributed by atoms with Crippen molar-refractivity contribution in [2.45, 2.75) is 45.1 Å². The maximum absolute atomic E-state index is 13.9. The molecule has 2 amide bonds. The zero-order valence-corrected chi connectivity index (χ0v) is 17.1. The van der Waals surface area contributed by atoms with Crippen molar-refractivity contribution in [1.29, 1.82) is 0 Å². The number of hydrogen-bond donors (Lipinski definition) is 2. The molecule has 0 heterocycles. The lowest BCUT2D eigenvalue weighted by atomic mass is 9.96. The van der Waals surface area contributed by atoms with Crippen LogP contribution in [0.1, 0.15) is 58.9 Å². The van der Waals surface area contributed by atoms with Crippen LogP contribution in [0.3, 0.4) is 0 Å². The number of ether oxygens (including phenoxy) is 1. The van der Waals surface area contributed by atoms with E-state index in [0.717, 1.165) is 18.4 Å². The highest BCUT2D eigenvalue weighted by molar-refractivity contribution is 6.06. The second kappa shape index (κ2) is 9.07. The molecule has 7 heteroatoms. The Bertz CT molecular complexity index is 967. The van der Waals surface area contributed by atoms with Gasteiger partial charge >= 0.3 is 5.97 Å². The molecular formula is C23H25FN2O4. The molecule has 1 fully saturated rings. The molecule has 1 aliphatic rings. The highest BCUT2D eigenvalue weighted by Crippen LogP contribution is 2.31. The third kappa shape index (κ3) is 4.50. The van der Waals surface area contributed by atoms with E-state index in [9.17, 15) is 18.8 Å². The number of carbonyl (C=O) groups excluding carboxylic acids is 3. The standard InChI is InChI=1S/C23H25FN2O4/c1-3-30-22(29)23(12-6-7-13-23)26-20(27)16-11-10-15(2)19(14-16)25-21(28)17-8-4-5-9-18(17)24/h4-5,8-11,14H,3,6-7,12-13H2,1-2H3,(H,25,28)(H,26,27). The summed E-state index contributed by atoms with van der Waals surface area (Å²) >= 11 is 0. The van der Waals surface area contributed by atoms with E-state index in [1.165, 1.54) is 24.3 Å². The first-order valence-electron chi connectivity index (χ1n) is 10.0. The fourth-order valence-electron chi connectivity index (χ4n) is 3.65. The molecule has 0 unspecified atom stereocenters. The summed E-state index contributed by atoms with van der Waals surface area (Å²) in [5, 5.41) is 5.51. The number of amides is 2. The van der Waals surface area contributed by atoms with Gasteiger partial charge in [-0.3, -0.25) is 9.59 Å². The fraction of sp³-hybridized carbons (Fsp3) is 0.348. The summed E-state index contributed by atoms with van der Waals surface area (Å²) < 4.78 is 19.1. The van der Waals surface area contributed by atoms with Crippen molar-refractivity contribution in [2.75, 3.05) is 11.9 Å². The average Bonchev–Trinajstić information content (AvgIpc) is 3.19. The van der Waals surface area contributed by atoms with Crippen LogP contribution >= 0.6 is 0 Å². The molecule has 1 saturated carbocycles. The van der Waals surface area contributed by atoms with Crippen LogP contribution in [0.5, 0.6) is 0 Å². The number of benzene rings is 2. The van der Waals surface area contributed by atoms with E-state index in [1.54, 1.807) is 32.0 Å². The molecule has 6 nitrogen and oxygen atoms in total. The third-order valence-corrected chi connectivity index (χ3v) is 5.34. The van der Waals surface area contributed by atoms with Gasteiger partial charge in [-0.15, -0.1) is 0 Å². The molecule has 0 atom stereocenters. The summed E-state index contributed by atoms with van der Waals surface area (Å²) in [6.45, 7) is 3.75. The number of aryl methyl sites for hydroxylation is 1. The number of halogens is 1. The lowest BCUT2D eigenvalue weighted by Crippen LogP contribution is -2.53. The van der Waals surface area contributed by atoms with Gasteiger partial charge < -0.3 is 15.4 Å². The van der Waals surface area contributed by atoms with Crippen molar-refractivity contribution < 1.29 is 23.5 Å². The molecule has 0 saturated heterocycles. The largest absolute Gasteiger partial charge is 0.464 e. The van der Waals surface area contributed by atoms with E-state index >= 15 is 0 Å². The molecular weight excluding hydrogens is 387 g/mol. The molecule has 3 rings (SSSR count). The lowest BCUT2D eigenvalue weighted by Gasteiger charge is -2.28. The van der Waals surface area contributed by atoms with Crippen LogP contribution in [-0.2, 0) is 9.53 Å². The summed E-state index contributed by atoms with van der Waals surface area (Å²) in [5.41, 5.74) is 0.304. The minimum Gasteiger partial charge on any atom is -0.464 e. The summed E-state index contributed by atoms with van der Waals surface area (Å²) in [7, 11) is 0. The molecule has 2 aromatic carbocycles. The zero-order valence-electron chi connectivity index (χ0n) is 17.1. The molecule has 0 bridgehead atoms. The summed E-state index contributed by atoms with van der Waals surface area (Å²) in [4.78, 5) is 37.8. The van der Waals surface area contributed by atoms with Crippen molar-refractivity contribution in [3.8, 4) is 0 Å². The van der Waals surface area contributed by atoms with Gasteiger partial charge in [0, 0.05) is 11.3 Å². The number of carbonyl (C=O) groups is 3. The van der Waals surface area contributed by atoms with Crippen molar-refractivity contribution >= 4 is 23.5 Å². The number of nitrogens with one attached hydrogen (secondary N) is 2. The van der Waals surface area contributed by atoms with Crippen molar-refractivity contribution in [2.24, 2.45) is 0 Å². The maximum atomic E-state index is 13.9. The van der Waals surface area contributed by atoms with Gasteiger partial charge in [-0.25, -0.2) is 9.18 Å². The summed E-state index contributed by atoms with van der Waals surface area (Å²) in [5.74, 6) is -2.07. The molecule has 1 aliphatic carbocycles. The molecule has 30 heavy (non-hydrogen) atoms. The number of anilines is 1. The van der Waals surface area contributed by atoms with Crippen LogP contribution in [0, 0.1) is 12.7 Å².